The molecule has 3 aromatic heterocycles. The summed E-state index contributed by atoms with van der Waals surface area (Å²) in [5, 5.41) is 4.39. The molecule has 3 heterocycles. The average Bonchev–Trinajstić information content (AvgIpc) is 3.11. The van der Waals surface area contributed by atoms with E-state index in [2.05, 4.69) is 20.1 Å². The van der Waals surface area contributed by atoms with Crippen molar-refractivity contribution in [1.82, 2.24) is 24.7 Å². The third-order valence-corrected chi connectivity index (χ3v) is 4.61. The largest absolute Gasteiger partial charge is 0.495 e. The normalized spacial score (nSPS) is 11.1. The van der Waals surface area contributed by atoms with Gasteiger partial charge in [0.2, 0.25) is 0 Å². The zero-order valence-electron chi connectivity index (χ0n) is 14.6. The van der Waals surface area contributed by atoms with Crippen molar-refractivity contribution >= 4 is 22.8 Å². The van der Waals surface area contributed by atoms with Crippen LogP contribution in [0.15, 0.2) is 42.9 Å². The SMILES string of the molecule is COc1ccc(F)c(Cc2ccc3ncc(-c4cnn(C)c4)nc3n2)c1Cl. The second-order valence-corrected chi connectivity index (χ2v) is 6.40. The minimum atomic E-state index is -0.405. The van der Waals surface area contributed by atoms with Gasteiger partial charge in [0.25, 0.3) is 0 Å². The first-order chi connectivity index (χ1) is 13.0. The van der Waals surface area contributed by atoms with Crippen molar-refractivity contribution < 1.29 is 9.13 Å². The Kier molecular flexibility index (Phi) is 4.45. The summed E-state index contributed by atoms with van der Waals surface area (Å²) in [6.45, 7) is 0. The molecule has 0 N–H and O–H groups in total. The van der Waals surface area contributed by atoms with Crippen LogP contribution < -0.4 is 4.74 Å². The van der Waals surface area contributed by atoms with E-state index in [9.17, 15) is 4.39 Å². The molecule has 0 aliphatic carbocycles. The highest BCUT2D eigenvalue weighted by molar-refractivity contribution is 6.32. The summed E-state index contributed by atoms with van der Waals surface area (Å²) in [5.74, 6) is 0.0189. The van der Waals surface area contributed by atoms with Crippen LogP contribution in [0, 0.1) is 5.82 Å². The van der Waals surface area contributed by atoms with Gasteiger partial charge in [-0.15, -0.1) is 0 Å². The second-order valence-electron chi connectivity index (χ2n) is 6.02. The minimum Gasteiger partial charge on any atom is -0.495 e. The molecule has 0 unspecified atom stereocenters. The van der Waals surface area contributed by atoms with E-state index in [1.165, 1.54) is 19.2 Å². The first-order valence-corrected chi connectivity index (χ1v) is 8.55. The second kappa shape index (κ2) is 6.92. The Morgan fingerprint density at radius 2 is 2.00 bits per heavy atom. The van der Waals surface area contributed by atoms with Crippen LogP contribution in [0.5, 0.6) is 5.75 Å². The molecule has 4 aromatic rings. The van der Waals surface area contributed by atoms with Gasteiger partial charge in [0, 0.05) is 36.5 Å². The Labute approximate surface area is 159 Å². The van der Waals surface area contributed by atoms with E-state index in [1.807, 2.05) is 19.3 Å². The number of pyridine rings is 1. The summed E-state index contributed by atoms with van der Waals surface area (Å²) in [5.41, 5.74) is 3.62. The molecular weight excluding hydrogens is 369 g/mol. The number of nitrogens with zero attached hydrogens (tertiary/aromatic N) is 5. The van der Waals surface area contributed by atoms with Gasteiger partial charge < -0.3 is 4.74 Å². The summed E-state index contributed by atoms with van der Waals surface area (Å²) in [4.78, 5) is 13.5. The molecule has 0 aliphatic rings. The highest BCUT2D eigenvalue weighted by Crippen LogP contribution is 2.31. The Morgan fingerprint density at radius 1 is 1.15 bits per heavy atom. The zero-order valence-corrected chi connectivity index (χ0v) is 15.4. The van der Waals surface area contributed by atoms with Crippen molar-refractivity contribution in [1.29, 1.82) is 0 Å². The maximum atomic E-state index is 14.2. The molecule has 6 nitrogen and oxygen atoms in total. The Bertz CT molecular complexity index is 1140. The molecular formula is C19H15ClFN5O. The number of hydrogen-bond acceptors (Lipinski definition) is 5. The molecule has 8 heteroatoms. The molecule has 4 rings (SSSR count). The lowest BCUT2D eigenvalue weighted by Gasteiger charge is -2.10. The third-order valence-electron chi connectivity index (χ3n) is 4.19. The van der Waals surface area contributed by atoms with E-state index in [-0.39, 0.29) is 11.4 Å². The van der Waals surface area contributed by atoms with Crippen molar-refractivity contribution in [3.63, 3.8) is 0 Å². The van der Waals surface area contributed by atoms with E-state index in [0.29, 0.717) is 33.9 Å². The predicted octanol–water partition coefficient (Wildman–Crippen LogP) is 3.82. The molecule has 0 amide bonds. The predicted molar refractivity (Wildman–Crippen MR) is 100 cm³/mol. The van der Waals surface area contributed by atoms with Gasteiger partial charge in [-0.25, -0.2) is 14.4 Å². The number of ether oxygens (including phenoxy) is 1. The van der Waals surface area contributed by atoms with Gasteiger partial charge in [-0.1, -0.05) is 11.6 Å². The molecule has 136 valence electrons. The quantitative estimate of drug-likeness (QED) is 0.536. The molecule has 0 spiro atoms. The zero-order chi connectivity index (χ0) is 19.0. The van der Waals surface area contributed by atoms with Gasteiger partial charge in [-0.3, -0.25) is 9.67 Å². The van der Waals surface area contributed by atoms with Crippen LogP contribution in [0.4, 0.5) is 4.39 Å². The van der Waals surface area contributed by atoms with Crippen molar-refractivity contribution in [2.75, 3.05) is 7.11 Å². The molecule has 0 aliphatic heterocycles. The maximum Gasteiger partial charge on any atom is 0.179 e. The molecule has 0 atom stereocenters. The van der Waals surface area contributed by atoms with Crippen LogP contribution in [-0.2, 0) is 13.5 Å². The fourth-order valence-corrected chi connectivity index (χ4v) is 3.10. The monoisotopic (exact) mass is 383 g/mol. The van der Waals surface area contributed by atoms with E-state index in [1.54, 1.807) is 23.1 Å². The van der Waals surface area contributed by atoms with Crippen LogP contribution in [0.1, 0.15) is 11.3 Å². The van der Waals surface area contributed by atoms with E-state index < -0.39 is 5.82 Å². The van der Waals surface area contributed by atoms with Gasteiger partial charge in [0.15, 0.2) is 5.65 Å². The summed E-state index contributed by atoms with van der Waals surface area (Å²) >= 11 is 6.26. The molecule has 0 radical (unpaired) electrons. The van der Waals surface area contributed by atoms with E-state index in [4.69, 9.17) is 16.3 Å². The number of hydrogen-bond donors (Lipinski definition) is 0. The average molecular weight is 384 g/mol. The molecule has 0 bridgehead atoms. The van der Waals surface area contributed by atoms with Crippen molar-refractivity contribution in [2.24, 2.45) is 7.05 Å². The number of rotatable bonds is 4. The van der Waals surface area contributed by atoms with Crippen LogP contribution >= 0.6 is 11.6 Å². The summed E-state index contributed by atoms with van der Waals surface area (Å²) in [7, 11) is 3.33. The third kappa shape index (κ3) is 3.33. The van der Waals surface area contributed by atoms with Crippen molar-refractivity contribution in [2.45, 2.75) is 6.42 Å². The number of fused-ring (bicyclic) bond motifs is 1. The number of benzene rings is 1. The summed E-state index contributed by atoms with van der Waals surface area (Å²) in [6.07, 6.45) is 5.46. The standard InChI is InChI=1S/C19H15ClFN5O/c1-26-10-11(8-23-26)16-9-22-15-5-3-12(24-19(15)25-16)7-13-14(21)4-6-17(27-2)18(13)20/h3-6,8-10H,7H2,1-2H3. The van der Waals surface area contributed by atoms with Crippen LogP contribution in [0.25, 0.3) is 22.4 Å². The van der Waals surface area contributed by atoms with Crippen molar-refractivity contribution in [3.8, 4) is 17.0 Å². The van der Waals surface area contributed by atoms with Gasteiger partial charge >= 0.3 is 0 Å². The van der Waals surface area contributed by atoms with Crippen LogP contribution in [0.2, 0.25) is 5.02 Å². The Balaban J connectivity index is 1.73. The van der Waals surface area contributed by atoms with E-state index >= 15 is 0 Å². The highest BCUT2D eigenvalue weighted by atomic mass is 35.5. The smallest absolute Gasteiger partial charge is 0.179 e. The minimum absolute atomic E-state index is 0.219. The first kappa shape index (κ1) is 17.4. The van der Waals surface area contributed by atoms with Crippen molar-refractivity contribution in [3.05, 3.63) is 65.0 Å². The molecule has 1 aromatic carbocycles. The highest BCUT2D eigenvalue weighted by Gasteiger charge is 2.14. The maximum absolute atomic E-state index is 14.2. The fraction of sp³-hybridized carbons (Fsp3) is 0.158. The lowest BCUT2D eigenvalue weighted by molar-refractivity contribution is 0.413. The lowest BCUT2D eigenvalue weighted by atomic mass is 10.1. The number of aromatic nitrogens is 5. The van der Waals surface area contributed by atoms with Gasteiger partial charge in [-0.05, 0) is 24.3 Å². The molecule has 0 saturated carbocycles. The summed E-state index contributed by atoms with van der Waals surface area (Å²) < 4.78 is 21.1. The summed E-state index contributed by atoms with van der Waals surface area (Å²) in [6, 6.07) is 6.43. The first-order valence-electron chi connectivity index (χ1n) is 8.17. The molecule has 0 saturated heterocycles. The van der Waals surface area contributed by atoms with Gasteiger partial charge in [0.1, 0.15) is 17.1 Å². The fourth-order valence-electron chi connectivity index (χ4n) is 2.80. The Hall–Kier alpha value is -3.06. The lowest BCUT2D eigenvalue weighted by Crippen LogP contribution is -2.00. The number of halogens is 2. The van der Waals surface area contributed by atoms with E-state index in [0.717, 1.165) is 5.56 Å². The molecule has 0 fully saturated rings. The molecule has 27 heavy (non-hydrogen) atoms. The number of methoxy groups -OCH3 is 1. The van der Waals surface area contributed by atoms with Gasteiger partial charge in [-0.2, -0.15) is 5.10 Å². The van der Waals surface area contributed by atoms with Crippen LogP contribution in [-0.4, -0.2) is 31.8 Å². The van der Waals surface area contributed by atoms with Crippen LogP contribution in [0.3, 0.4) is 0 Å². The topological polar surface area (TPSA) is 65.7 Å². The Morgan fingerprint density at radius 3 is 2.74 bits per heavy atom. The number of aryl methyl sites for hydroxylation is 1. The van der Waals surface area contributed by atoms with Gasteiger partial charge in [0.05, 0.1) is 30.2 Å².